The van der Waals surface area contributed by atoms with Gasteiger partial charge in [-0.05, 0) is 25.3 Å². The molecule has 3 N–H and O–H groups in total. The summed E-state index contributed by atoms with van der Waals surface area (Å²) in [5.41, 5.74) is 5.58. The highest BCUT2D eigenvalue weighted by molar-refractivity contribution is 5.84. The van der Waals surface area contributed by atoms with E-state index in [0.717, 1.165) is 25.7 Å². The first-order chi connectivity index (χ1) is 9.60. The Balaban J connectivity index is 2.48. The number of ether oxygens (including phenoxy) is 1. The number of hydrogen-bond acceptors (Lipinski definition) is 4. The molecule has 1 aliphatic rings. The van der Waals surface area contributed by atoms with Crippen LogP contribution in [0, 0.1) is 5.92 Å². The van der Waals surface area contributed by atoms with Crippen molar-refractivity contribution in [2.75, 3.05) is 26.3 Å². The van der Waals surface area contributed by atoms with Gasteiger partial charge in [-0.15, -0.1) is 0 Å². The van der Waals surface area contributed by atoms with Crippen LogP contribution in [0.5, 0.6) is 0 Å². The molecule has 2 unspecified atom stereocenters. The molecular weight excluding hydrogens is 260 g/mol. The summed E-state index contributed by atoms with van der Waals surface area (Å²) in [4.78, 5) is 24.8. The van der Waals surface area contributed by atoms with Crippen molar-refractivity contribution in [1.82, 2.24) is 4.90 Å². The molecule has 6 nitrogen and oxygen atoms in total. The van der Waals surface area contributed by atoms with Crippen molar-refractivity contribution in [1.29, 1.82) is 0 Å². The van der Waals surface area contributed by atoms with Crippen molar-refractivity contribution in [2.24, 2.45) is 11.7 Å². The first-order valence-electron chi connectivity index (χ1n) is 7.40. The molecule has 1 rings (SSSR count). The highest BCUT2D eigenvalue weighted by atomic mass is 16.5. The number of carboxylic acid groups (broad SMARTS) is 1. The van der Waals surface area contributed by atoms with E-state index in [1.165, 1.54) is 4.90 Å². The Labute approximate surface area is 120 Å². The fourth-order valence-electron chi connectivity index (χ4n) is 2.65. The van der Waals surface area contributed by atoms with Crippen molar-refractivity contribution < 1.29 is 19.4 Å². The smallest absolute Gasteiger partial charge is 0.328 e. The van der Waals surface area contributed by atoms with Crippen LogP contribution < -0.4 is 5.73 Å². The molecular formula is C14H26N2O4. The van der Waals surface area contributed by atoms with Gasteiger partial charge in [0.25, 0.3) is 0 Å². The number of nitrogens with two attached hydrogens (primary N) is 1. The maximum Gasteiger partial charge on any atom is 0.328 e. The lowest BCUT2D eigenvalue weighted by Crippen LogP contribution is -2.52. The molecule has 0 aliphatic carbocycles. The highest BCUT2D eigenvalue weighted by Crippen LogP contribution is 2.19. The minimum Gasteiger partial charge on any atom is -0.480 e. The number of carbonyl (C=O) groups excluding carboxylic acids is 1. The number of rotatable bonds is 8. The lowest BCUT2D eigenvalue weighted by Gasteiger charge is -2.33. The third-order valence-corrected chi connectivity index (χ3v) is 3.77. The van der Waals surface area contributed by atoms with Crippen molar-refractivity contribution in [3.05, 3.63) is 0 Å². The van der Waals surface area contributed by atoms with Gasteiger partial charge >= 0.3 is 5.97 Å². The molecule has 0 aromatic carbocycles. The zero-order valence-corrected chi connectivity index (χ0v) is 12.2. The summed E-state index contributed by atoms with van der Waals surface area (Å²) in [5, 5.41) is 9.11. The van der Waals surface area contributed by atoms with Crippen LogP contribution in [-0.2, 0) is 14.3 Å². The van der Waals surface area contributed by atoms with E-state index in [4.69, 9.17) is 15.6 Å². The van der Waals surface area contributed by atoms with Crippen LogP contribution in [0.15, 0.2) is 0 Å². The van der Waals surface area contributed by atoms with E-state index in [0.29, 0.717) is 32.0 Å². The number of carbonyl (C=O) groups is 2. The van der Waals surface area contributed by atoms with E-state index in [-0.39, 0.29) is 12.5 Å². The van der Waals surface area contributed by atoms with Crippen LogP contribution in [0.3, 0.4) is 0 Å². The molecule has 6 heteroatoms. The van der Waals surface area contributed by atoms with Gasteiger partial charge < -0.3 is 20.5 Å². The zero-order valence-electron chi connectivity index (χ0n) is 12.2. The number of nitrogens with zero attached hydrogens (tertiary/aromatic N) is 1. The second-order valence-corrected chi connectivity index (χ2v) is 5.29. The fraction of sp³-hybridized carbons (Fsp3) is 0.857. The molecule has 0 aromatic rings. The zero-order chi connectivity index (χ0) is 15.0. The molecule has 1 heterocycles. The van der Waals surface area contributed by atoms with E-state index in [1.807, 2.05) is 0 Å². The van der Waals surface area contributed by atoms with Crippen LogP contribution in [0.4, 0.5) is 0 Å². The van der Waals surface area contributed by atoms with Gasteiger partial charge in [0, 0.05) is 13.0 Å². The molecule has 1 fully saturated rings. The second-order valence-electron chi connectivity index (χ2n) is 5.29. The molecule has 20 heavy (non-hydrogen) atoms. The Bertz CT molecular complexity index is 316. The first-order valence-corrected chi connectivity index (χ1v) is 7.40. The molecule has 0 spiro atoms. The monoisotopic (exact) mass is 286 g/mol. The first kappa shape index (κ1) is 16.9. The lowest BCUT2D eigenvalue weighted by molar-refractivity contribution is -0.158. The van der Waals surface area contributed by atoms with Crippen molar-refractivity contribution in [2.45, 2.75) is 45.1 Å². The quantitative estimate of drug-likeness (QED) is 0.690. The fourth-order valence-corrected chi connectivity index (χ4v) is 2.65. The number of morpholine rings is 1. The van der Waals surface area contributed by atoms with Crippen LogP contribution >= 0.6 is 0 Å². The third kappa shape index (κ3) is 5.09. The highest BCUT2D eigenvalue weighted by Gasteiger charge is 2.32. The molecule has 1 amide bonds. The standard InChI is InChI=1S/C14H26N2O4/c1-2-3-11(6-7-15)4-5-13(17)16-8-9-20-10-12(16)14(18)19/h11-12H,2-10,15H2,1H3,(H,18,19). The van der Waals surface area contributed by atoms with Gasteiger partial charge in [-0.1, -0.05) is 19.8 Å². The number of hydrogen-bond donors (Lipinski definition) is 2. The number of carboxylic acids is 1. The number of aliphatic carboxylic acids is 1. The molecule has 116 valence electrons. The minimum atomic E-state index is -0.995. The molecule has 0 saturated carbocycles. The van der Waals surface area contributed by atoms with Crippen LogP contribution in [0.1, 0.15) is 39.0 Å². The van der Waals surface area contributed by atoms with E-state index in [9.17, 15) is 9.59 Å². The van der Waals surface area contributed by atoms with Crippen LogP contribution in [0.2, 0.25) is 0 Å². The Morgan fingerprint density at radius 2 is 2.15 bits per heavy atom. The van der Waals surface area contributed by atoms with E-state index in [1.54, 1.807) is 0 Å². The second kappa shape index (κ2) is 8.92. The van der Waals surface area contributed by atoms with E-state index >= 15 is 0 Å². The molecule has 1 saturated heterocycles. The van der Waals surface area contributed by atoms with Crippen LogP contribution in [-0.4, -0.2) is 54.2 Å². The average molecular weight is 286 g/mol. The molecule has 0 bridgehead atoms. The molecule has 0 radical (unpaired) electrons. The summed E-state index contributed by atoms with van der Waals surface area (Å²) in [6.07, 6.45) is 4.25. The summed E-state index contributed by atoms with van der Waals surface area (Å²) in [5.74, 6) is -0.623. The molecule has 1 aliphatic heterocycles. The van der Waals surface area contributed by atoms with Gasteiger partial charge in [0.15, 0.2) is 6.04 Å². The van der Waals surface area contributed by atoms with Crippen molar-refractivity contribution in [3.63, 3.8) is 0 Å². The predicted molar refractivity (Wildman–Crippen MR) is 75.3 cm³/mol. The molecule has 0 aromatic heterocycles. The summed E-state index contributed by atoms with van der Waals surface area (Å²) >= 11 is 0. The molecule has 2 atom stereocenters. The lowest BCUT2D eigenvalue weighted by atomic mass is 9.94. The van der Waals surface area contributed by atoms with Gasteiger partial charge in [-0.2, -0.15) is 0 Å². The van der Waals surface area contributed by atoms with Gasteiger partial charge in [0.2, 0.25) is 5.91 Å². The topological polar surface area (TPSA) is 92.9 Å². The SMILES string of the molecule is CCCC(CCN)CCC(=O)N1CCOCC1C(=O)O. The Morgan fingerprint density at radius 3 is 2.75 bits per heavy atom. The minimum absolute atomic E-state index is 0.0844. The third-order valence-electron chi connectivity index (χ3n) is 3.77. The Kier molecular flexibility index (Phi) is 7.54. The van der Waals surface area contributed by atoms with Gasteiger partial charge in [0.1, 0.15) is 0 Å². The van der Waals surface area contributed by atoms with Gasteiger partial charge in [0.05, 0.1) is 13.2 Å². The average Bonchev–Trinajstić information content (AvgIpc) is 2.45. The summed E-state index contributed by atoms with van der Waals surface area (Å²) < 4.78 is 5.14. The normalized spacial score (nSPS) is 20.7. The van der Waals surface area contributed by atoms with Crippen molar-refractivity contribution >= 4 is 11.9 Å². The Hall–Kier alpha value is -1.14. The number of amides is 1. The summed E-state index contributed by atoms with van der Waals surface area (Å²) in [6, 6.07) is -0.838. The van der Waals surface area contributed by atoms with Crippen molar-refractivity contribution in [3.8, 4) is 0 Å². The van der Waals surface area contributed by atoms with Crippen LogP contribution in [0.25, 0.3) is 0 Å². The van der Waals surface area contributed by atoms with E-state index in [2.05, 4.69) is 6.92 Å². The summed E-state index contributed by atoms with van der Waals surface area (Å²) in [7, 11) is 0. The summed E-state index contributed by atoms with van der Waals surface area (Å²) in [6.45, 7) is 3.62. The maximum absolute atomic E-state index is 12.2. The van der Waals surface area contributed by atoms with Gasteiger partial charge in [-0.25, -0.2) is 4.79 Å². The maximum atomic E-state index is 12.2. The largest absolute Gasteiger partial charge is 0.480 e. The Morgan fingerprint density at radius 1 is 1.40 bits per heavy atom. The van der Waals surface area contributed by atoms with E-state index < -0.39 is 12.0 Å². The predicted octanol–water partition coefficient (Wildman–Crippen LogP) is 0.844. The van der Waals surface area contributed by atoms with Gasteiger partial charge in [-0.3, -0.25) is 4.79 Å².